The molecule has 2 N–H and O–H groups in total. The van der Waals surface area contributed by atoms with Crippen LogP contribution in [0, 0.1) is 5.82 Å². The second kappa shape index (κ2) is 7.25. The van der Waals surface area contributed by atoms with Gasteiger partial charge >= 0.3 is 0 Å². The molecule has 0 bridgehead atoms. The van der Waals surface area contributed by atoms with Gasteiger partial charge < -0.3 is 10.2 Å². The Morgan fingerprint density at radius 3 is 2.62 bits per heavy atom. The monoisotopic (exact) mass is 351 g/mol. The van der Waals surface area contributed by atoms with Gasteiger partial charge in [-0.05, 0) is 68.4 Å². The van der Waals surface area contributed by atoms with Crippen molar-refractivity contribution in [2.75, 3.05) is 25.5 Å². The van der Waals surface area contributed by atoms with E-state index in [9.17, 15) is 4.39 Å². The highest BCUT2D eigenvalue weighted by atomic mass is 19.1. The number of nitrogens with one attached hydrogen (secondary N) is 2. The first-order valence-electron chi connectivity index (χ1n) is 8.90. The maximum Gasteiger partial charge on any atom is 0.156 e. The highest BCUT2D eigenvalue weighted by Crippen LogP contribution is 2.36. The third-order valence-corrected chi connectivity index (χ3v) is 4.83. The molecule has 0 amide bonds. The van der Waals surface area contributed by atoms with E-state index in [4.69, 9.17) is 0 Å². The molecule has 3 aromatic rings. The number of benzene rings is 1. The number of aromatic nitrogens is 3. The number of likely N-dealkylation sites (tertiary alicyclic amines) is 1. The maximum absolute atomic E-state index is 13.3. The average Bonchev–Trinajstić information content (AvgIpc) is 3.06. The van der Waals surface area contributed by atoms with Gasteiger partial charge in [0.05, 0.1) is 11.3 Å². The standard InChI is InChI=1S/C20H22FN5/c1-26-12-2-3-17(13-26)23-20-18(14-8-10-22-11-9-14)19(24-25-20)15-4-6-16(21)7-5-15/h4-11,17H,2-3,12-13H2,1H3,(H2,23,24,25). The van der Waals surface area contributed by atoms with Gasteiger partial charge in [0.1, 0.15) is 5.82 Å². The molecule has 26 heavy (non-hydrogen) atoms. The first-order valence-corrected chi connectivity index (χ1v) is 8.90. The summed E-state index contributed by atoms with van der Waals surface area (Å²) in [6.45, 7) is 2.13. The van der Waals surface area contributed by atoms with Crippen molar-refractivity contribution >= 4 is 5.82 Å². The molecule has 0 aliphatic carbocycles. The van der Waals surface area contributed by atoms with Crippen molar-refractivity contribution in [2.45, 2.75) is 18.9 Å². The van der Waals surface area contributed by atoms with Crippen LogP contribution in [-0.2, 0) is 0 Å². The van der Waals surface area contributed by atoms with Crippen molar-refractivity contribution in [3.8, 4) is 22.4 Å². The van der Waals surface area contributed by atoms with Gasteiger partial charge in [-0.1, -0.05) is 0 Å². The molecule has 1 aliphatic heterocycles. The lowest BCUT2D eigenvalue weighted by molar-refractivity contribution is 0.261. The summed E-state index contributed by atoms with van der Waals surface area (Å²) in [6, 6.07) is 10.8. The minimum absolute atomic E-state index is 0.248. The van der Waals surface area contributed by atoms with E-state index in [2.05, 4.69) is 32.4 Å². The Morgan fingerprint density at radius 2 is 1.88 bits per heavy atom. The van der Waals surface area contributed by atoms with Crippen LogP contribution in [0.5, 0.6) is 0 Å². The van der Waals surface area contributed by atoms with Gasteiger partial charge in [0.25, 0.3) is 0 Å². The Balaban J connectivity index is 1.73. The Hall–Kier alpha value is -2.73. The Kier molecular flexibility index (Phi) is 4.67. The highest BCUT2D eigenvalue weighted by molar-refractivity contribution is 5.88. The van der Waals surface area contributed by atoms with Gasteiger partial charge in [-0.3, -0.25) is 10.1 Å². The second-order valence-corrected chi connectivity index (χ2v) is 6.81. The minimum atomic E-state index is -0.248. The predicted octanol–water partition coefficient (Wildman–Crippen LogP) is 3.78. The molecule has 1 fully saturated rings. The lowest BCUT2D eigenvalue weighted by Crippen LogP contribution is -2.39. The van der Waals surface area contributed by atoms with Crippen LogP contribution in [0.15, 0.2) is 48.8 Å². The number of nitrogens with zero attached hydrogens (tertiary/aromatic N) is 3. The molecule has 1 saturated heterocycles. The van der Waals surface area contributed by atoms with Crippen LogP contribution in [0.3, 0.4) is 0 Å². The largest absolute Gasteiger partial charge is 0.364 e. The fraction of sp³-hybridized carbons (Fsp3) is 0.300. The summed E-state index contributed by atoms with van der Waals surface area (Å²) in [4.78, 5) is 6.45. The molecule has 1 aliphatic rings. The number of hydrogen-bond acceptors (Lipinski definition) is 4. The summed E-state index contributed by atoms with van der Waals surface area (Å²) >= 11 is 0. The predicted molar refractivity (Wildman–Crippen MR) is 101 cm³/mol. The number of piperidine rings is 1. The third-order valence-electron chi connectivity index (χ3n) is 4.83. The zero-order valence-electron chi connectivity index (χ0n) is 14.7. The van der Waals surface area contributed by atoms with E-state index in [1.54, 1.807) is 24.5 Å². The molecular formula is C20H22FN5. The van der Waals surface area contributed by atoms with E-state index in [0.717, 1.165) is 47.7 Å². The van der Waals surface area contributed by atoms with Crippen molar-refractivity contribution in [3.05, 3.63) is 54.6 Å². The number of aromatic amines is 1. The molecule has 6 heteroatoms. The number of H-pyrrole nitrogens is 1. The lowest BCUT2D eigenvalue weighted by Gasteiger charge is -2.30. The van der Waals surface area contributed by atoms with E-state index >= 15 is 0 Å². The normalized spacial score (nSPS) is 18.0. The quantitative estimate of drug-likeness (QED) is 0.751. The third kappa shape index (κ3) is 3.46. The van der Waals surface area contributed by atoms with E-state index in [-0.39, 0.29) is 5.82 Å². The van der Waals surface area contributed by atoms with Crippen LogP contribution in [0.4, 0.5) is 10.2 Å². The summed E-state index contributed by atoms with van der Waals surface area (Å²) in [5.74, 6) is 0.582. The van der Waals surface area contributed by atoms with Crippen molar-refractivity contribution in [3.63, 3.8) is 0 Å². The first kappa shape index (κ1) is 16.7. The highest BCUT2D eigenvalue weighted by Gasteiger charge is 2.22. The van der Waals surface area contributed by atoms with Crippen molar-refractivity contribution in [1.29, 1.82) is 0 Å². The van der Waals surface area contributed by atoms with Gasteiger partial charge in [0.2, 0.25) is 0 Å². The van der Waals surface area contributed by atoms with Crippen molar-refractivity contribution in [2.24, 2.45) is 0 Å². The molecule has 1 unspecified atom stereocenters. The molecule has 1 atom stereocenters. The number of halogens is 1. The summed E-state index contributed by atoms with van der Waals surface area (Å²) in [7, 11) is 2.14. The molecule has 0 radical (unpaired) electrons. The molecular weight excluding hydrogens is 329 g/mol. The molecule has 5 nitrogen and oxygen atoms in total. The summed E-state index contributed by atoms with van der Waals surface area (Å²) in [5.41, 5.74) is 3.80. The Labute approximate surface area is 152 Å². The van der Waals surface area contributed by atoms with Gasteiger partial charge in [-0.25, -0.2) is 4.39 Å². The average molecular weight is 351 g/mol. The summed E-state index contributed by atoms with van der Waals surface area (Å²) in [5, 5.41) is 11.3. The first-order chi connectivity index (χ1) is 12.7. The van der Waals surface area contributed by atoms with E-state index in [0.29, 0.717) is 6.04 Å². The van der Waals surface area contributed by atoms with Gasteiger partial charge in [0, 0.05) is 30.5 Å². The maximum atomic E-state index is 13.3. The second-order valence-electron chi connectivity index (χ2n) is 6.81. The Bertz CT molecular complexity index is 860. The van der Waals surface area contributed by atoms with E-state index in [1.165, 1.54) is 18.6 Å². The van der Waals surface area contributed by atoms with E-state index in [1.807, 2.05) is 12.1 Å². The number of pyridine rings is 1. The molecule has 134 valence electrons. The zero-order valence-corrected chi connectivity index (χ0v) is 14.7. The molecule has 0 spiro atoms. The smallest absolute Gasteiger partial charge is 0.156 e. The molecule has 4 rings (SSSR count). The van der Waals surface area contributed by atoms with Crippen LogP contribution in [-0.4, -0.2) is 46.3 Å². The van der Waals surface area contributed by atoms with Crippen molar-refractivity contribution < 1.29 is 4.39 Å². The zero-order chi connectivity index (χ0) is 17.9. The van der Waals surface area contributed by atoms with Crippen LogP contribution in [0.2, 0.25) is 0 Å². The lowest BCUT2D eigenvalue weighted by atomic mass is 10.0. The molecule has 1 aromatic carbocycles. The molecule has 3 heterocycles. The van der Waals surface area contributed by atoms with Crippen LogP contribution >= 0.6 is 0 Å². The fourth-order valence-electron chi connectivity index (χ4n) is 3.55. The summed E-state index contributed by atoms with van der Waals surface area (Å²) in [6.07, 6.45) is 5.84. The SMILES string of the molecule is CN1CCCC(Nc2n[nH]c(-c3ccc(F)cc3)c2-c2ccncc2)C1. The topological polar surface area (TPSA) is 56.8 Å². The fourth-order valence-corrected chi connectivity index (χ4v) is 3.55. The van der Waals surface area contributed by atoms with Crippen LogP contribution in [0.1, 0.15) is 12.8 Å². The summed E-state index contributed by atoms with van der Waals surface area (Å²) < 4.78 is 13.3. The van der Waals surface area contributed by atoms with E-state index < -0.39 is 0 Å². The van der Waals surface area contributed by atoms with Crippen LogP contribution in [0.25, 0.3) is 22.4 Å². The number of anilines is 1. The van der Waals surface area contributed by atoms with Crippen LogP contribution < -0.4 is 5.32 Å². The number of hydrogen-bond donors (Lipinski definition) is 2. The molecule has 0 saturated carbocycles. The minimum Gasteiger partial charge on any atom is -0.364 e. The van der Waals surface area contributed by atoms with Crippen molar-refractivity contribution in [1.82, 2.24) is 20.1 Å². The van der Waals surface area contributed by atoms with Gasteiger partial charge in [-0.15, -0.1) is 0 Å². The molecule has 2 aromatic heterocycles. The number of likely N-dealkylation sites (N-methyl/N-ethyl adjacent to an activating group) is 1. The Morgan fingerprint density at radius 1 is 1.12 bits per heavy atom. The number of rotatable bonds is 4. The van der Waals surface area contributed by atoms with Gasteiger partial charge in [0.15, 0.2) is 5.82 Å². The van der Waals surface area contributed by atoms with Gasteiger partial charge in [-0.2, -0.15) is 5.10 Å².